The van der Waals surface area contributed by atoms with Crippen LogP contribution < -0.4 is 0 Å². The van der Waals surface area contributed by atoms with Crippen LogP contribution in [0.1, 0.15) is 72.6 Å². The van der Waals surface area contributed by atoms with Crippen molar-refractivity contribution < 1.29 is 4.74 Å². The Balaban J connectivity index is 2.33. The van der Waals surface area contributed by atoms with Gasteiger partial charge in [0.25, 0.3) is 0 Å². The molecule has 0 spiro atoms. The molecule has 1 rings (SSSR count). The van der Waals surface area contributed by atoms with Crippen LogP contribution in [0.3, 0.4) is 0 Å². The minimum atomic E-state index is 0.483. The van der Waals surface area contributed by atoms with Crippen molar-refractivity contribution in [3.8, 4) is 0 Å². The summed E-state index contributed by atoms with van der Waals surface area (Å²) in [4.78, 5) is 0. The van der Waals surface area contributed by atoms with E-state index in [1.807, 2.05) is 0 Å². The number of hydrogen-bond donors (Lipinski definition) is 0. The third-order valence-electron chi connectivity index (χ3n) is 4.39. The van der Waals surface area contributed by atoms with Crippen molar-refractivity contribution in [2.75, 3.05) is 0 Å². The molecule has 90 valence electrons. The van der Waals surface area contributed by atoms with Crippen LogP contribution in [0.5, 0.6) is 0 Å². The van der Waals surface area contributed by atoms with E-state index in [1.54, 1.807) is 0 Å². The average Bonchev–Trinajstić information content (AvgIpc) is 3.02. The van der Waals surface area contributed by atoms with Crippen LogP contribution in [0.15, 0.2) is 0 Å². The molecule has 1 heterocycles. The highest BCUT2D eigenvalue weighted by Gasteiger charge is 2.50. The van der Waals surface area contributed by atoms with Crippen molar-refractivity contribution in [2.45, 2.75) is 84.8 Å². The molecule has 2 unspecified atom stereocenters. The van der Waals surface area contributed by atoms with E-state index >= 15 is 0 Å². The topological polar surface area (TPSA) is 12.5 Å². The number of hydrogen-bond acceptors (Lipinski definition) is 1. The van der Waals surface area contributed by atoms with Gasteiger partial charge in [0.15, 0.2) is 0 Å². The van der Waals surface area contributed by atoms with Gasteiger partial charge in [-0.15, -0.1) is 0 Å². The Labute approximate surface area is 95.6 Å². The van der Waals surface area contributed by atoms with Gasteiger partial charge in [0.05, 0.1) is 12.2 Å². The van der Waals surface area contributed by atoms with Gasteiger partial charge in [0.2, 0.25) is 0 Å². The fourth-order valence-corrected chi connectivity index (χ4v) is 2.85. The highest BCUT2D eigenvalue weighted by atomic mass is 16.6. The molecule has 0 aromatic carbocycles. The maximum Gasteiger partial charge on any atom is 0.0897 e. The van der Waals surface area contributed by atoms with E-state index in [1.165, 1.54) is 44.9 Å². The molecule has 1 nitrogen and oxygen atoms in total. The largest absolute Gasteiger partial charge is 0.369 e. The van der Waals surface area contributed by atoms with Gasteiger partial charge < -0.3 is 4.74 Å². The first-order valence-corrected chi connectivity index (χ1v) is 6.89. The number of ether oxygens (including phenoxy) is 1. The molecule has 0 bridgehead atoms. The van der Waals surface area contributed by atoms with Gasteiger partial charge in [-0.3, -0.25) is 0 Å². The van der Waals surface area contributed by atoms with Crippen molar-refractivity contribution >= 4 is 0 Å². The second kappa shape index (κ2) is 5.89. The van der Waals surface area contributed by atoms with Crippen LogP contribution in [0.4, 0.5) is 0 Å². The Bertz CT molecular complexity index is 164. The zero-order valence-electron chi connectivity index (χ0n) is 11.0. The minimum absolute atomic E-state index is 0.483. The molecule has 1 aliphatic rings. The SMILES string of the molecule is CCCCCC1OC1C(CC)(CC)CC. The van der Waals surface area contributed by atoms with Crippen LogP contribution >= 0.6 is 0 Å². The van der Waals surface area contributed by atoms with Crippen LogP contribution in [0.25, 0.3) is 0 Å². The highest BCUT2D eigenvalue weighted by molar-refractivity contribution is 4.98. The van der Waals surface area contributed by atoms with E-state index in [4.69, 9.17) is 4.74 Å². The molecule has 0 amide bonds. The van der Waals surface area contributed by atoms with Gasteiger partial charge in [0.1, 0.15) is 0 Å². The lowest BCUT2D eigenvalue weighted by Crippen LogP contribution is -2.26. The Morgan fingerprint density at radius 2 is 1.53 bits per heavy atom. The summed E-state index contributed by atoms with van der Waals surface area (Å²) >= 11 is 0. The first-order chi connectivity index (χ1) is 7.24. The van der Waals surface area contributed by atoms with E-state index in [9.17, 15) is 0 Å². The van der Waals surface area contributed by atoms with E-state index in [2.05, 4.69) is 27.7 Å². The fraction of sp³-hybridized carbons (Fsp3) is 1.00. The van der Waals surface area contributed by atoms with Crippen LogP contribution in [-0.4, -0.2) is 12.2 Å². The van der Waals surface area contributed by atoms with Crippen molar-refractivity contribution in [3.05, 3.63) is 0 Å². The molecular weight excluding hydrogens is 184 g/mol. The van der Waals surface area contributed by atoms with E-state index in [-0.39, 0.29) is 0 Å². The molecule has 2 atom stereocenters. The van der Waals surface area contributed by atoms with Crippen molar-refractivity contribution in [1.82, 2.24) is 0 Å². The Morgan fingerprint density at radius 1 is 0.933 bits per heavy atom. The summed E-state index contributed by atoms with van der Waals surface area (Å²) in [5.41, 5.74) is 0.483. The van der Waals surface area contributed by atoms with Gasteiger partial charge in [-0.2, -0.15) is 0 Å². The predicted octanol–water partition coefficient (Wildman–Crippen LogP) is 4.55. The van der Waals surface area contributed by atoms with Gasteiger partial charge in [-0.25, -0.2) is 0 Å². The maximum absolute atomic E-state index is 5.90. The molecular formula is C14H28O. The number of epoxide rings is 1. The van der Waals surface area contributed by atoms with Gasteiger partial charge in [-0.1, -0.05) is 47.0 Å². The lowest BCUT2D eigenvalue weighted by atomic mass is 9.75. The number of unbranched alkanes of at least 4 members (excludes halogenated alkanes) is 2. The Kier molecular flexibility index (Phi) is 5.11. The molecule has 0 radical (unpaired) electrons. The third-order valence-corrected chi connectivity index (χ3v) is 4.39. The normalized spacial score (nSPS) is 25.6. The second-order valence-electron chi connectivity index (χ2n) is 5.01. The Hall–Kier alpha value is -0.0400. The molecule has 1 heteroatoms. The standard InChI is InChI=1S/C14H28O/c1-5-9-10-11-12-13(15-12)14(6-2,7-3)8-4/h12-13H,5-11H2,1-4H3. The zero-order chi connectivity index (χ0) is 11.3. The summed E-state index contributed by atoms with van der Waals surface area (Å²) in [6.07, 6.45) is 10.3. The molecule has 0 aromatic rings. The molecule has 0 N–H and O–H groups in total. The molecule has 0 aromatic heterocycles. The van der Waals surface area contributed by atoms with Gasteiger partial charge in [-0.05, 0) is 31.1 Å². The van der Waals surface area contributed by atoms with Gasteiger partial charge >= 0.3 is 0 Å². The second-order valence-corrected chi connectivity index (χ2v) is 5.01. The summed E-state index contributed by atoms with van der Waals surface area (Å²) in [5, 5.41) is 0. The van der Waals surface area contributed by atoms with Gasteiger partial charge in [0, 0.05) is 0 Å². The highest BCUT2D eigenvalue weighted by Crippen LogP contribution is 2.47. The Morgan fingerprint density at radius 3 is 2.00 bits per heavy atom. The first-order valence-electron chi connectivity index (χ1n) is 6.89. The summed E-state index contributed by atoms with van der Waals surface area (Å²) in [6, 6.07) is 0. The predicted molar refractivity (Wildman–Crippen MR) is 66.1 cm³/mol. The summed E-state index contributed by atoms with van der Waals surface area (Å²) in [7, 11) is 0. The number of rotatable bonds is 8. The van der Waals surface area contributed by atoms with Crippen molar-refractivity contribution in [1.29, 1.82) is 0 Å². The maximum atomic E-state index is 5.90. The molecule has 15 heavy (non-hydrogen) atoms. The summed E-state index contributed by atoms with van der Waals surface area (Å²) < 4.78 is 5.90. The first kappa shape index (κ1) is 13.0. The molecule has 1 aliphatic heterocycles. The summed E-state index contributed by atoms with van der Waals surface area (Å²) in [6.45, 7) is 9.22. The zero-order valence-corrected chi connectivity index (χ0v) is 11.0. The van der Waals surface area contributed by atoms with Crippen molar-refractivity contribution in [3.63, 3.8) is 0 Å². The molecule has 1 fully saturated rings. The molecule has 0 aliphatic carbocycles. The quantitative estimate of drug-likeness (QED) is 0.425. The van der Waals surface area contributed by atoms with E-state index in [0.29, 0.717) is 17.6 Å². The van der Waals surface area contributed by atoms with E-state index < -0.39 is 0 Å². The smallest absolute Gasteiger partial charge is 0.0897 e. The monoisotopic (exact) mass is 212 g/mol. The van der Waals surface area contributed by atoms with Crippen LogP contribution in [0.2, 0.25) is 0 Å². The average molecular weight is 212 g/mol. The van der Waals surface area contributed by atoms with Crippen LogP contribution in [0, 0.1) is 5.41 Å². The molecule has 0 saturated carbocycles. The van der Waals surface area contributed by atoms with E-state index in [0.717, 1.165) is 0 Å². The third kappa shape index (κ3) is 2.96. The van der Waals surface area contributed by atoms with Crippen LogP contribution in [-0.2, 0) is 4.74 Å². The molecule has 1 saturated heterocycles. The summed E-state index contributed by atoms with van der Waals surface area (Å²) in [5.74, 6) is 0. The lowest BCUT2D eigenvalue weighted by molar-refractivity contribution is 0.172. The lowest BCUT2D eigenvalue weighted by Gasteiger charge is -2.28. The van der Waals surface area contributed by atoms with Crippen molar-refractivity contribution in [2.24, 2.45) is 5.41 Å². The fourth-order valence-electron chi connectivity index (χ4n) is 2.85. The minimum Gasteiger partial charge on any atom is -0.369 e.